The van der Waals surface area contributed by atoms with Crippen molar-refractivity contribution in [1.82, 2.24) is 20.4 Å². The maximum atomic E-state index is 11.8. The van der Waals surface area contributed by atoms with Crippen LogP contribution >= 0.6 is 0 Å². The quantitative estimate of drug-likeness (QED) is 0.856. The van der Waals surface area contributed by atoms with E-state index in [1.807, 2.05) is 29.1 Å². The molecule has 23 heavy (non-hydrogen) atoms. The van der Waals surface area contributed by atoms with Crippen LogP contribution in [-0.2, 0) is 17.8 Å². The fourth-order valence-electron chi connectivity index (χ4n) is 2.61. The molecule has 6 nitrogen and oxygen atoms in total. The highest BCUT2D eigenvalue weighted by Crippen LogP contribution is 2.10. The molecule has 2 N–H and O–H groups in total. The largest absolute Gasteiger partial charge is 0.376 e. The number of rotatable bonds is 6. The molecule has 0 saturated carbocycles. The van der Waals surface area contributed by atoms with Gasteiger partial charge in [-0.25, -0.2) is 4.79 Å². The van der Waals surface area contributed by atoms with Crippen molar-refractivity contribution in [2.24, 2.45) is 0 Å². The predicted molar refractivity (Wildman–Crippen MR) is 87.0 cm³/mol. The zero-order valence-electron chi connectivity index (χ0n) is 13.1. The monoisotopic (exact) mass is 314 g/mol. The lowest BCUT2D eigenvalue weighted by Gasteiger charge is -2.11. The Labute approximate surface area is 135 Å². The molecular formula is C17H22N4O2. The van der Waals surface area contributed by atoms with Crippen LogP contribution in [0, 0.1) is 0 Å². The van der Waals surface area contributed by atoms with Crippen LogP contribution < -0.4 is 10.6 Å². The van der Waals surface area contributed by atoms with Gasteiger partial charge in [-0.2, -0.15) is 5.10 Å². The van der Waals surface area contributed by atoms with Crippen molar-refractivity contribution in [2.75, 3.05) is 13.2 Å². The lowest BCUT2D eigenvalue weighted by molar-refractivity contribution is 0.111. The molecule has 1 aromatic heterocycles. The fourth-order valence-corrected chi connectivity index (χ4v) is 2.61. The Hall–Kier alpha value is -2.34. The number of urea groups is 1. The third kappa shape index (κ3) is 4.82. The van der Waals surface area contributed by atoms with E-state index in [0.29, 0.717) is 13.1 Å². The molecule has 1 atom stereocenters. The van der Waals surface area contributed by atoms with E-state index in [4.69, 9.17) is 4.74 Å². The van der Waals surface area contributed by atoms with E-state index in [9.17, 15) is 4.79 Å². The number of aromatic nitrogens is 2. The van der Waals surface area contributed by atoms with Crippen molar-refractivity contribution in [3.8, 4) is 0 Å². The number of benzene rings is 1. The second-order valence-corrected chi connectivity index (χ2v) is 5.73. The first-order valence-electron chi connectivity index (χ1n) is 7.98. The number of ether oxygens (including phenoxy) is 1. The topological polar surface area (TPSA) is 68.2 Å². The summed E-state index contributed by atoms with van der Waals surface area (Å²) < 4.78 is 7.34. The van der Waals surface area contributed by atoms with Gasteiger partial charge in [0.05, 0.1) is 18.8 Å². The Morgan fingerprint density at radius 2 is 2.13 bits per heavy atom. The molecular weight excluding hydrogens is 292 g/mol. The van der Waals surface area contributed by atoms with Gasteiger partial charge in [-0.1, -0.05) is 30.3 Å². The molecule has 0 aliphatic carbocycles. The summed E-state index contributed by atoms with van der Waals surface area (Å²) in [4.78, 5) is 11.8. The first-order chi connectivity index (χ1) is 11.3. The average molecular weight is 314 g/mol. The predicted octanol–water partition coefficient (Wildman–Crippen LogP) is 1.91. The summed E-state index contributed by atoms with van der Waals surface area (Å²) >= 11 is 0. The van der Waals surface area contributed by atoms with Crippen LogP contribution in [0.4, 0.5) is 4.79 Å². The minimum Gasteiger partial charge on any atom is -0.376 e. The molecule has 6 heteroatoms. The van der Waals surface area contributed by atoms with Crippen LogP contribution in [0.5, 0.6) is 0 Å². The van der Waals surface area contributed by atoms with Gasteiger partial charge < -0.3 is 15.4 Å². The Bertz CT molecular complexity index is 621. The number of nitrogens with one attached hydrogen (secondary N) is 2. The first-order valence-corrected chi connectivity index (χ1v) is 7.98. The standard InChI is InChI=1S/C17H22N4O2/c22-17(19-11-16-7-4-8-23-16)18-9-15-10-20-21(13-15)12-14-5-2-1-3-6-14/h1-3,5-6,10,13,16H,4,7-9,11-12H2,(H2,18,19,22)/t16-/m0/s1. The van der Waals surface area contributed by atoms with E-state index in [2.05, 4.69) is 27.9 Å². The van der Waals surface area contributed by atoms with E-state index in [0.717, 1.165) is 31.6 Å². The summed E-state index contributed by atoms with van der Waals surface area (Å²) in [6.07, 6.45) is 5.99. The van der Waals surface area contributed by atoms with Gasteiger partial charge in [-0.3, -0.25) is 4.68 Å². The molecule has 1 aromatic carbocycles. The lowest BCUT2D eigenvalue weighted by atomic mass is 10.2. The number of hydrogen-bond donors (Lipinski definition) is 2. The van der Waals surface area contributed by atoms with E-state index in [-0.39, 0.29) is 12.1 Å². The molecule has 0 bridgehead atoms. The summed E-state index contributed by atoms with van der Waals surface area (Å²) in [5, 5.41) is 10.0. The fraction of sp³-hybridized carbons (Fsp3) is 0.412. The highest BCUT2D eigenvalue weighted by Gasteiger charge is 2.15. The Morgan fingerprint density at radius 3 is 2.91 bits per heavy atom. The van der Waals surface area contributed by atoms with E-state index in [1.54, 1.807) is 6.20 Å². The molecule has 1 aliphatic heterocycles. The third-order valence-electron chi connectivity index (χ3n) is 3.84. The SMILES string of the molecule is O=C(NCc1cnn(Cc2ccccc2)c1)NC[C@@H]1CCCO1. The summed E-state index contributed by atoms with van der Waals surface area (Å²) in [5.74, 6) is 0. The maximum Gasteiger partial charge on any atom is 0.315 e. The van der Waals surface area contributed by atoms with Crippen LogP contribution in [0.15, 0.2) is 42.7 Å². The lowest BCUT2D eigenvalue weighted by Crippen LogP contribution is -2.39. The zero-order chi connectivity index (χ0) is 15.9. The Kier molecular flexibility index (Phi) is 5.26. The van der Waals surface area contributed by atoms with Gasteiger partial charge in [0, 0.05) is 31.5 Å². The van der Waals surface area contributed by atoms with Crippen molar-refractivity contribution in [3.63, 3.8) is 0 Å². The highest BCUT2D eigenvalue weighted by atomic mass is 16.5. The summed E-state index contributed by atoms with van der Waals surface area (Å²) in [7, 11) is 0. The van der Waals surface area contributed by atoms with Crippen molar-refractivity contribution in [2.45, 2.75) is 32.0 Å². The smallest absolute Gasteiger partial charge is 0.315 e. The number of hydrogen-bond acceptors (Lipinski definition) is 3. The average Bonchev–Trinajstić information content (AvgIpc) is 3.24. The van der Waals surface area contributed by atoms with Crippen molar-refractivity contribution in [1.29, 1.82) is 0 Å². The molecule has 0 unspecified atom stereocenters. The zero-order valence-corrected chi connectivity index (χ0v) is 13.1. The van der Waals surface area contributed by atoms with Crippen LogP contribution in [0.25, 0.3) is 0 Å². The van der Waals surface area contributed by atoms with Crippen molar-refractivity contribution >= 4 is 6.03 Å². The minimum atomic E-state index is -0.170. The molecule has 3 rings (SSSR count). The van der Waals surface area contributed by atoms with E-state index < -0.39 is 0 Å². The van der Waals surface area contributed by atoms with Crippen molar-refractivity contribution < 1.29 is 9.53 Å². The van der Waals surface area contributed by atoms with Gasteiger partial charge in [-0.05, 0) is 18.4 Å². The van der Waals surface area contributed by atoms with Gasteiger partial charge in [0.25, 0.3) is 0 Å². The van der Waals surface area contributed by atoms with Gasteiger partial charge in [0.1, 0.15) is 0 Å². The second-order valence-electron chi connectivity index (χ2n) is 5.73. The van der Waals surface area contributed by atoms with E-state index in [1.165, 1.54) is 5.56 Å². The minimum absolute atomic E-state index is 0.161. The molecule has 1 aliphatic rings. The van der Waals surface area contributed by atoms with Gasteiger partial charge in [-0.15, -0.1) is 0 Å². The highest BCUT2D eigenvalue weighted by molar-refractivity contribution is 5.73. The van der Waals surface area contributed by atoms with Crippen molar-refractivity contribution in [3.05, 3.63) is 53.9 Å². The number of amides is 2. The molecule has 1 saturated heterocycles. The molecule has 2 heterocycles. The summed E-state index contributed by atoms with van der Waals surface area (Å²) in [5.41, 5.74) is 2.18. The molecule has 1 fully saturated rings. The molecule has 0 spiro atoms. The maximum absolute atomic E-state index is 11.8. The number of carbonyl (C=O) groups excluding carboxylic acids is 1. The molecule has 2 amide bonds. The van der Waals surface area contributed by atoms with Crippen LogP contribution in [0.3, 0.4) is 0 Å². The van der Waals surface area contributed by atoms with Gasteiger partial charge >= 0.3 is 6.03 Å². The van der Waals surface area contributed by atoms with Gasteiger partial charge in [0.15, 0.2) is 0 Å². The summed E-state index contributed by atoms with van der Waals surface area (Å²) in [6, 6.07) is 9.99. The van der Waals surface area contributed by atoms with Crippen LogP contribution in [0.2, 0.25) is 0 Å². The van der Waals surface area contributed by atoms with Gasteiger partial charge in [0.2, 0.25) is 0 Å². The number of nitrogens with zero attached hydrogens (tertiary/aromatic N) is 2. The number of carbonyl (C=O) groups is 1. The molecule has 0 radical (unpaired) electrons. The first kappa shape index (κ1) is 15.6. The second kappa shape index (κ2) is 7.78. The van der Waals surface area contributed by atoms with Crippen LogP contribution in [0.1, 0.15) is 24.0 Å². The summed E-state index contributed by atoms with van der Waals surface area (Å²) in [6.45, 7) is 2.56. The Balaban J connectivity index is 1.41. The molecule has 122 valence electrons. The third-order valence-corrected chi connectivity index (χ3v) is 3.84. The molecule has 2 aromatic rings. The van der Waals surface area contributed by atoms with Crippen LogP contribution in [-0.4, -0.2) is 35.1 Å². The Morgan fingerprint density at radius 1 is 1.26 bits per heavy atom. The van der Waals surface area contributed by atoms with E-state index >= 15 is 0 Å². The normalized spacial score (nSPS) is 17.1.